The fourth-order valence-corrected chi connectivity index (χ4v) is 3.11. The Morgan fingerprint density at radius 2 is 1.72 bits per heavy atom. The third kappa shape index (κ3) is 5.10. The average molecular weight is 396 g/mol. The van der Waals surface area contributed by atoms with E-state index in [-0.39, 0.29) is 11.8 Å². The second-order valence-electron chi connectivity index (χ2n) is 6.68. The zero-order valence-corrected chi connectivity index (χ0v) is 16.6. The largest absolute Gasteiger partial charge is 0.462 e. The molecule has 8 heteroatoms. The number of pyridine rings is 1. The zero-order valence-electron chi connectivity index (χ0n) is 16.6. The van der Waals surface area contributed by atoms with Crippen molar-refractivity contribution >= 4 is 29.2 Å². The van der Waals surface area contributed by atoms with Gasteiger partial charge in [0, 0.05) is 45.0 Å². The number of nitrogens with one attached hydrogen (secondary N) is 1. The summed E-state index contributed by atoms with van der Waals surface area (Å²) in [4.78, 5) is 43.9. The summed E-state index contributed by atoms with van der Waals surface area (Å²) in [6.45, 7) is 6.32. The number of carbonyl (C=O) groups is 3. The number of amides is 2. The summed E-state index contributed by atoms with van der Waals surface area (Å²) in [5.74, 6) is -0.609. The first kappa shape index (κ1) is 20.3. The van der Waals surface area contributed by atoms with Gasteiger partial charge < -0.3 is 19.9 Å². The molecule has 29 heavy (non-hydrogen) atoms. The molecular formula is C21H24N4O4. The van der Waals surface area contributed by atoms with Crippen molar-refractivity contribution in [1.82, 2.24) is 9.88 Å². The lowest BCUT2D eigenvalue weighted by Crippen LogP contribution is -2.48. The molecular weight excluding hydrogens is 372 g/mol. The standard InChI is InChI=1S/C21H24N4O4/c1-3-29-21(28)16-4-6-18(7-5-16)23-20(27)17-12-19(14-22-13-17)25-10-8-24(9-11-25)15(2)26/h4-7,12-14H,3,8-11H2,1-2H3,(H,23,27). The molecule has 1 aliphatic rings. The van der Waals surface area contributed by atoms with E-state index in [9.17, 15) is 14.4 Å². The van der Waals surface area contributed by atoms with Crippen molar-refractivity contribution in [3.63, 3.8) is 0 Å². The molecule has 1 aliphatic heterocycles. The van der Waals surface area contributed by atoms with Gasteiger partial charge in [0.25, 0.3) is 5.91 Å². The van der Waals surface area contributed by atoms with Crippen molar-refractivity contribution in [1.29, 1.82) is 0 Å². The summed E-state index contributed by atoms with van der Waals surface area (Å²) in [5.41, 5.74) is 2.28. The number of rotatable bonds is 5. The number of aromatic nitrogens is 1. The number of ether oxygens (including phenoxy) is 1. The van der Waals surface area contributed by atoms with Crippen molar-refractivity contribution in [3.05, 3.63) is 53.9 Å². The zero-order chi connectivity index (χ0) is 20.8. The van der Waals surface area contributed by atoms with Crippen LogP contribution in [0.4, 0.5) is 11.4 Å². The fraction of sp³-hybridized carbons (Fsp3) is 0.333. The minimum Gasteiger partial charge on any atom is -0.462 e. The van der Waals surface area contributed by atoms with Gasteiger partial charge in [-0.3, -0.25) is 14.6 Å². The molecule has 152 valence electrons. The van der Waals surface area contributed by atoms with Gasteiger partial charge in [-0.25, -0.2) is 4.79 Å². The molecule has 1 fully saturated rings. The van der Waals surface area contributed by atoms with Crippen LogP contribution in [0.15, 0.2) is 42.7 Å². The SMILES string of the molecule is CCOC(=O)c1ccc(NC(=O)c2cncc(N3CCN(C(C)=O)CC3)c2)cc1. The number of hydrogen-bond acceptors (Lipinski definition) is 6. The quantitative estimate of drug-likeness (QED) is 0.779. The minimum absolute atomic E-state index is 0.0740. The smallest absolute Gasteiger partial charge is 0.338 e. The maximum atomic E-state index is 12.6. The lowest BCUT2D eigenvalue weighted by Gasteiger charge is -2.35. The molecule has 1 aromatic heterocycles. The van der Waals surface area contributed by atoms with E-state index >= 15 is 0 Å². The molecule has 8 nitrogen and oxygen atoms in total. The Hall–Kier alpha value is -3.42. The Morgan fingerprint density at radius 1 is 1.03 bits per heavy atom. The van der Waals surface area contributed by atoms with Gasteiger partial charge in [0.05, 0.1) is 29.6 Å². The van der Waals surface area contributed by atoms with Crippen molar-refractivity contribution in [2.45, 2.75) is 13.8 Å². The van der Waals surface area contributed by atoms with E-state index in [2.05, 4.69) is 15.2 Å². The molecule has 1 saturated heterocycles. The fourth-order valence-electron chi connectivity index (χ4n) is 3.11. The molecule has 0 spiro atoms. The molecule has 1 aromatic carbocycles. The summed E-state index contributed by atoms with van der Waals surface area (Å²) >= 11 is 0. The van der Waals surface area contributed by atoms with E-state index < -0.39 is 5.97 Å². The Morgan fingerprint density at radius 3 is 2.34 bits per heavy atom. The second-order valence-corrected chi connectivity index (χ2v) is 6.68. The van der Waals surface area contributed by atoms with Crippen LogP contribution in [0.25, 0.3) is 0 Å². The van der Waals surface area contributed by atoms with Crippen molar-refractivity contribution < 1.29 is 19.1 Å². The summed E-state index contributed by atoms with van der Waals surface area (Å²) < 4.78 is 4.95. The monoisotopic (exact) mass is 396 g/mol. The normalized spacial score (nSPS) is 13.7. The number of benzene rings is 1. The Bertz CT molecular complexity index is 890. The molecule has 0 atom stereocenters. The first-order chi connectivity index (χ1) is 14.0. The third-order valence-corrected chi connectivity index (χ3v) is 4.73. The van der Waals surface area contributed by atoms with Gasteiger partial charge in [0.2, 0.25) is 5.91 Å². The minimum atomic E-state index is -0.396. The summed E-state index contributed by atoms with van der Waals surface area (Å²) in [5, 5.41) is 2.81. The summed E-state index contributed by atoms with van der Waals surface area (Å²) in [7, 11) is 0. The molecule has 1 N–H and O–H groups in total. The van der Waals surface area contributed by atoms with Gasteiger partial charge in [-0.15, -0.1) is 0 Å². The van der Waals surface area contributed by atoms with Crippen LogP contribution in [0.1, 0.15) is 34.6 Å². The van der Waals surface area contributed by atoms with Crippen LogP contribution in [0, 0.1) is 0 Å². The molecule has 0 aliphatic carbocycles. The average Bonchev–Trinajstić information content (AvgIpc) is 2.74. The summed E-state index contributed by atoms with van der Waals surface area (Å²) in [6.07, 6.45) is 3.23. The predicted molar refractivity (Wildman–Crippen MR) is 109 cm³/mol. The van der Waals surface area contributed by atoms with E-state index in [0.717, 1.165) is 5.69 Å². The van der Waals surface area contributed by atoms with Gasteiger partial charge >= 0.3 is 5.97 Å². The molecule has 3 rings (SSSR count). The second kappa shape index (κ2) is 9.18. The van der Waals surface area contributed by atoms with Crippen LogP contribution >= 0.6 is 0 Å². The van der Waals surface area contributed by atoms with Gasteiger partial charge in [-0.05, 0) is 37.3 Å². The number of hydrogen-bond donors (Lipinski definition) is 1. The Balaban J connectivity index is 1.64. The molecule has 0 bridgehead atoms. The number of piperazine rings is 1. The maximum Gasteiger partial charge on any atom is 0.338 e. The molecule has 0 radical (unpaired) electrons. The van der Waals surface area contributed by atoms with Gasteiger partial charge in [0.1, 0.15) is 0 Å². The molecule has 0 saturated carbocycles. The van der Waals surface area contributed by atoms with Crippen LogP contribution in [0.3, 0.4) is 0 Å². The topological polar surface area (TPSA) is 91.8 Å². The van der Waals surface area contributed by atoms with Gasteiger partial charge in [0.15, 0.2) is 0 Å². The highest BCUT2D eigenvalue weighted by Gasteiger charge is 2.20. The summed E-state index contributed by atoms with van der Waals surface area (Å²) in [6, 6.07) is 8.32. The number of nitrogens with zero attached hydrogens (tertiary/aromatic N) is 3. The van der Waals surface area contributed by atoms with Crippen molar-refractivity contribution in [2.75, 3.05) is 43.0 Å². The maximum absolute atomic E-state index is 12.6. The predicted octanol–water partition coefficient (Wildman–Crippen LogP) is 2.18. The number of carbonyl (C=O) groups excluding carboxylic acids is 3. The Labute approximate surface area is 169 Å². The van der Waals surface area contributed by atoms with E-state index in [1.165, 1.54) is 6.20 Å². The first-order valence-electron chi connectivity index (χ1n) is 9.52. The Kier molecular flexibility index (Phi) is 6.43. The highest BCUT2D eigenvalue weighted by atomic mass is 16.5. The highest BCUT2D eigenvalue weighted by molar-refractivity contribution is 6.04. The first-order valence-corrected chi connectivity index (χ1v) is 9.52. The van der Waals surface area contributed by atoms with E-state index in [4.69, 9.17) is 4.74 Å². The lowest BCUT2D eigenvalue weighted by molar-refractivity contribution is -0.129. The number of anilines is 2. The van der Waals surface area contributed by atoms with E-state index in [1.54, 1.807) is 55.3 Å². The number of esters is 1. The molecule has 2 aromatic rings. The van der Waals surface area contributed by atoms with Crippen LogP contribution in [-0.2, 0) is 9.53 Å². The van der Waals surface area contributed by atoms with Crippen LogP contribution < -0.4 is 10.2 Å². The van der Waals surface area contributed by atoms with Gasteiger partial charge in [-0.1, -0.05) is 0 Å². The lowest BCUT2D eigenvalue weighted by atomic mass is 10.2. The van der Waals surface area contributed by atoms with Crippen molar-refractivity contribution in [3.8, 4) is 0 Å². The van der Waals surface area contributed by atoms with Gasteiger partial charge in [-0.2, -0.15) is 0 Å². The van der Waals surface area contributed by atoms with Crippen LogP contribution in [0.2, 0.25) is 0 Å². The van der Waals surface area contributed by atoms with E-state index in [0.29, 0.717) is 49.6 Å². The van der Waals surface area contributed by atoms with E-state index in [1.807, 2.05) is 0 Å². The molecule has 2 heterocycles. The molecule has 2 amide bonds. The van der Waals surface area contributed by atoms with Crippen LogP contribution in [-0.4, -0.2) is 60.5 Å². The van der Waals surface area contributed by atoms with Crippen LogP contribution in [0.5, 0.6) is 0 Å². The van der Waals surface area contributed by atoms with Crippen molar-refractivity contribution in [2.24, 2.45) is 0 Å². The highest BCUT2D eigenvalue weighted by Crippen LogP contribution is 2.18. The molecule has 0 unspecified atom stereocenters. The third-order valence-electron chi connectivity index (χ3n) is 4.73.